The van der Waals surface area contributed by atoms with Crippen LogP contribution in [0, 0.1) is 20.8 Å². The minimum atomic E-state index is -4.78. The van der Waals surface area contributed by atoms with Crippen molar-refractivity contribution in [2.45, 2.75) is 52.7 Å². The molecule has 0 bridgehead atoms. The van der Waals surface area contributed by atoms with Gasteiger partial charge >= 0.3 is 12.4 Å². The van der Waals surface area contributed by atoms with Crippen molar-refractivity contribution in [1.29, 1.82) is 0 Å². The number of halogens is 4. The fourth-order valence-corrected chi connectivity index (χ4v) is 6.32. The van der Waals surface area contributed by atoms with Gasteiger partial charge in [0.25, 0.3) is 0 Å². The molecule has 1 fully saturated rings. The number of urea groups is 1. The average molecular weight is 639 g/mol. The molecule has 8 nitrogen and oxygen atoms in total. The van der Waals surface area contributed by atoms with E-state index in [1.165, 1.54) is 59.2 Å². The van der Waals surface area contributed by atoms with Crippen LogP contribution in [0.5, 0.6) is 5.75 Å². The largest absolute Gasteiger partial charge is 0.573 e. The summed E-state index contributed by atoms with van der Waals surface area (Å²) in [6.07, 6.45) is -3.15. The molecule has 1 aromatic heterocycles. The van der Waals surface area contributed by atoms with Crippen LogP contribution in [0.15, 0.2) is 77.0 Å². The van der Waals surface area contributed by atoms with Crippen LogP contribution in [0.3, 0.4) is 0 Å². The molecule has 0 radical (unpaired) electrons. The normalized spacial score (nSPS) is 17.2. The molecule has 45 heavy (non-hydrogen) atoms. The fourth-order valence-electron chi connectivity index (χ4n) is 5.12. The number of thioether (sulfide) groups is 1. The lowest BCUT2D eigenvalue weighted by Gasteiger charge is -2.37. The number of alkyl halides is 4. The van der Waals surface area contributed by atoms with E-state index in [0.717, 1.165) is 40.8 Å². The first-order valence-electron chi connectivity index (χ1n) is 14.1. The Balaban J connectivity index is 1.25. The zero-order chi connectivity index (χ0) is 32.3. The first kappa shape index (κ1) is 31.9. The maximum atomic E-state index is 15.0. The molecule has 2 unspecified atom stereocenters. The molecule has 2 amide bonds. The van der Waals surface area contributed by atoms with Gasteiger partial charge in [-0.15, -0.1) is 18.3 Å². The van der Waals surface area contributed by atoms with Gasteiger partial charge in [0.05, 0.1) is 5.69 Å². The zero-order valence-electron chi connectivity index (χ0n) is 24.9. The number of carbonyl (C=O) groups is 1. The number of hydrogen-bond donors (Lipinski definition) is 0. The van der Waals surface area contributed by atoms with Gasteiger partial charge in [-0.2, -0.15) is 4.99 Å². The Morgan fingerprint density at radius 1 is 1.07 bits per heavy atom. The summed E-state index contributed by atoms with van der Waals surface area (Å²) in [4.78, 5) is 27.1. The van der Waals surface area contributed by atoms with Crippen molar-refractivity contribution in [2.75, 3.05) is 10.7 Å². The van der Waals surface area contributed by atoms with Gasteiger partial charge in [0.2, 0.25) is 0 Å². The molecule has 2 heterocycles. The van der Waals surface area contributed by atoms with Gasteiger partial charge < -0.3 is 9.64 Å². The quantitative estimate of drug-likeness (QED) is 0.156. The van der Waals surface area contributed by atoms with Crippen molar-refractivity contribution in [1.82, 2.24) is 14.8 Å². The van der Waals surface area contributed by atoms with Gasteiger partial charge in [-0.25, -0.2) is 23.8 Å². The molecule has 1 aliphatic rings. The number of amides is 2. The first-order chi connectivity index (χ1) is 21.4. The highest BCUT2D eigenvalue weighted by Crippen LogP contribution is 2.35. The molecule has 1 aliphatic heterocycles. The van der Waals surface area contributed by atoms with Crippen molar-refractivity contribution < 1.29 is 27.1 Å². The highest BCUT2D eigenvalue weighted by atomic mass is 32.2. The van der Waals surface area contributed by atoms with Crippen molar-refractivity contribution in [3.05, 3.63) is 89.2 Å². The molecule has 3 aromatic carbocycles. The summed E-state index contributed by atoms with van der Waals surface area (Å²) in [6.45, 7) is 8.22. The lowest BCUT2D eigenvalue weighted by atomic mass is 10.0. The van der Waals surface area contributed by atoms with Gasteiger partial charge in [0.15, 0.2) is 17.2 Å². The summed E-state index contributed by atoms with van der Waals surface area (Å²) in [6, 6.07) is 15.1. The SMILES string of the molecule is Cc1cc(C)c(N2C(=NC(=O)N=CC(F)c3ccc(-c4ncn(-c5ccc(OC(F)(F)F)cc5)n4)cc3)SCCC2C)c(C)c1. The van der Waals surface area contributed by atoms with Gasteiger partial charge in [0.1, 0.15) is 12.1 Å². The van der Waals surface area contributed by atoms with E-state index in [4.69, 9.17) is 0 Å². The van der Waals surface area contributed by atoms with Crippen LogP contribution < -0.4 is 9.64 Å². The van der Waals surface area contributed by atoms with Gasteiger partial charge in [-0.1, -0.05) is 53.7 Å². The Hall–Kier alpha value is -4.52. The summed E-state index contributed by atoms with van der Waals surface area (Å²) in [7, 11) is 0. The van der Waals surface area contributed by atoms with Crippen LogP contribution in [0.4, 0.5) is 28.0 Å². The predicted octanol–water partition coefficient (Wildman–Crippen LogP) is 8.35. The summed E-state index contributed by atoms with van der Waals surface area (Å²) in [5.41, 5.74) is 5.70. The third-order valence-corrected chi connectivity index (χ3v) is 8.10. The number of amidine groups is 1. The second kappa shape index (κ2) is 13.2. The number of aromatic nitrogens is 3. The Bertz CT molecular complexity index is 1710. The molecular weight excluding hydrogens is 608 g/mol. The minimum absolute atomic E-state index is 0.133. The van der Waals surface area contributed by atoms with Crippen LogP contribution in [0.25, 0.3) is 17.1 Å². The lowest BCUT2D eigenvalue weighted by molar-refractivity contribution is -0.274. The van der Waals surface area contributed by atoms with Crippen molar-refractivity contribution >= 4 is 34.9 Å². The number of ether oxygens (including phenoxy) is 1. The highest BCUT2D eigenvalue weighted by molar-refractivity contribution is 8.14. The fraction of sp³-hybridized carbons (Fsp3) is 0.281. The van der Waals surface area contributed by atoms with Gasteiger partial charge in [-0.3, -0.25) is 0 Å². The van der Waals surface area contributed by atoms with Crippen LogP contribution in [-0.4, -0.2) is 50.3 Å². The monoisotopic (exact) mass is 638 g/mol. The predicted molar refractivity (Wildman–Crippen MR) is 168 cm³/mol. The molecule has 234 valence electrons. The third-order valence-electron chi connectivity index (χ3n) is 7.11. The molecule has 0 saturated carbocycles. The first-order valence-corrected chi connectivity index (χ1v) is 15.1. The smallest absolute Gasteiger partial charge is 0.406 e. The van der Waals surface area contributed by atoms with Crippen molar-refractivity contribution in [3.63, 3.8) is 0 Å². The van der Waals surface area contributed by atoms with E-state index >= 15 is 4.39 Å². The van der Waals surface area contributed by atoms with E-state index in [2.05, 4.69) is 48.8 Å². The number of carbonyl (C=O) groups excluding carboxylic acids is 1. The number of anilines is 1. The Morgan fingerprint density at radius 3 is 2.38 bits per heavy atom. The molecule has 4 aromatic rings. The number of nitrogens with zero attached hydrogens (tertiary/aromatic N) is 6. The topological polar surface area (TPSA) is 85.0 Å². The van der Waals surface area contributed by atoms with Crippen LogP contribution >= 0.6 is 11.8 Å². The number of aryl methyl sites for hydroxylation is 3. The third kappa shape index (κ3) is 7.77. The minimum Gasteiger partial charge on any atom is -0.406 e. The Labute approximate surface area is 261 Å². The molecule has 0 spiro atoms. The van der Waals surface area contributed by atoms with E-state index in [1.54, 1.807) is 12.1 Å². The second-order valence-corrected chi connectivity index (χ2v) is 11.7. The van der Waals surface area contributed by atoms with Gasteiger partial charge in [0, 0.05) is 29.3 Å². The molecule has 0 aliphatic carbocycles. The van der Waals surface area contributed by atoms with Crippen molar-refractivity contribution in [2.24, 2.45) is 9.98 Å². The van der Waals surface area contributed by atoms with Crippen LogP contribution in [0.1, 0.15) is 41.8 Å². The Kier molecular flexibility index (Phi) is 9.37. The summed E-state index contributed by atoms with van der Waals surface area (Å²) < 4.78 is 57.5. The van der Waals surface area contributed by atoms with Crippen LogP contribution in [-0.2, 0) is 0 Å². The maximum absolute atomic E-state index is 15.0. The summed E-state index contributed by atoms with van der Waals surface area (Å²) in [5, 5.41) is 4.89. The highest BCUT2D eigenvalue weighted by Gasteiger charge is 2.31. The number of benzene rings is 3. The Morgan fingerprint density at radius 2 is 1.73 bits per heavy atom. The number of aliphatic imine (C=N–C) groups is 2. The number of hydrogen-bond acceptors (Lipinski definition) is 5. The van der Waals surface area contributed by atoms with Crippen molar-refractivity contribution in [3.8, 4) is 22.8 Å². The maximum Gasteiger partial charge on any atom is 0.573 e. The standard InChI is InChI=1S/C32H30F4N6O2S/c1-19-15-20(2)28(21(3)16-19)42-22(4)13-14-45-31(42)39-30(43)37-17-27(33)23-5-7-24(8-6-23)29-38-18-41(40-29)25-9-11-26(12-10-25)44-32(34,35)36/h5-12,15-18,22,27H,13-14H2,1-4H3. The molecular formula is C32H30F4N6O2S. The summed E-state index contributed by atoms with van der Waals surface area (Å²) >= 11 is 1.48. The molecule has 2 atom stereocenters. The molecule has 13 heteroatoms. The van der Waals surface area contributed by atoms with Gasteiger partial charge in [-0.05, 0) is 75.1 Å². The number of rotatable bonds is 6. The van der Waals surface area contributed by atoms with E-state index in [1.807, 2.05) is 20.8 Å². The second-order valence-electron chi connectivity index (χ2n) is 10.6. The van der Waals surface area contributed by atoms with Crippen LogP contribution in [0.2, 0.25) is 0 Å². The lowest BCUT2D eigenvalue weighted by Crippen LogP contribution is -2.42. The van der Waals surface area contributed by atoms with E-state index < -0.39 is 18.6 Å². The molecule has 5 rings (SSSR count). The van der Waals surface area contributed by atoms with E-state index in [9.17, 15) is 18.0 Å². The molecule has 0 N–H and O–H groups in total. The zero-order valence-corrected chi connectivity index (χ0v) is 25.7. The van der Waals surface area contributed by atoms with E-state index in [-0.39, 0.29) is 17.4 Å². The van der Waals surface area contributed by atoms with E-state index in [0.29, 0.717) is 22.2 Å². The summed E-state index contributed by atoms with van der Waals surface area (Å²) in [5.74, 6) is 0.791. The molecule has 1 saturated heterocycles. The average Bonchev–Trinajstić information content (AvgIpc) is 3.47.